The van der Waals surface area contributed by atoms with Gasteiger partial charge >= 0.3 is 5.97 Å². The predicted molar refractivity (Wildman–Crippen MR) is 113 cm³/mol. The molecule has 1 aromatic heterocycles. The van der Waals surface area contributed by atoms with Gasteiger partial charge in [0.25, 0.3) is 0 Å². The first-order valence-corrected chi connectivity index (χ1v) is 10.2. The molecule has 0 N–H and O–H groups in total. The number of halogens is 1. The number of benzene rings is 2. The number of para-hydroxylation sites is 1. The van der Waals surface area contributed by atoms with Gasteiger partial charge in [-0.25, -0.2) is 13.9 Å². The van der Waals surface area contributed by atoms with Crippen LogP contribution in [0.5, 0.6) is 5.75 Å². The fourth-order valence-corrected chi connectivity index (χ4v) is 3.18. The molecule has 0 bridgehead atoms. The minimum absolute atomic E-state index is 0.0643. The molecule has 0 amide bonds. The number of carbonyl (C=O) groups excluding carboxylic acids is 1. The zero-order valence-corrected chi connectivity index (χ0v) is 17.8. The number of hydrogen-bond donors (Lipinski definition) is 0. The fourth-order valence-electron chi connectivity index (χ4n) is 3.18. The Morgan fingerprint density at radius 2 is 1.94 bits per heavy atom. The Balaban J connectivity index is 1.69. The summed E-state index contributed by atoms with van der Waals surface area (Å²) in [6.45, 7) is 3.33. The van der Waals surface area contributed by atoms with E-state index in [0.29, 0.717) is 17.1 Å². The molecular weight excluding hydrogens is 399 g/mol. The smallest absolute Gasteiger partial charge is 0.337 e. The molecule has 1 fully saturated rings. The molecular formula is C24H25FN2O4. The average molecular weight is 424 g/mol. The molecule has 0 radical (unpaired) electrons. The van der Waals surface area contributed by atoms with E-state index in [1.165, 1.54) is 13.2 Å². The second-order valence-corrected chi connectivity index (χ2v) is 8.02. The van der Waals surface area contributed by atoms with E-state index in [9.17, 15) is 9.18 Å². The van der Waals surface area contributed by atoms with Crippen LogP contribution in [0.25, 0.3) is 16.9 Å². The first-order chi connectivity index (χ1) is 14.9. The van der Waals surface area contributed by atoms with Gasteiger partial charge in [-0.2, -0.15) is 5.10 Å². The Morgan fingerprint density at radius 1 is 1.16 bits per heavy atom. The maximum absolute atomic E-state index is 14.6. The second kappa shape index (κ2) is 8.51. The van der Waals surface area contributed by atoms with Crippen molar-refractivity contribution < 1.29 is 23.4 Å². The SMILES string of the molecule is COC(=O)C(C)(C)OCc1cc(-c2cccc(OC3CC3)c2)n(-c2ccccc2F)n1. The minimum atomic E-state index is -1.13. The topological polar surface area (TPSA) is 62.6 Å². The number of nitrogens with zero attached hydrogens (tertiary/aromatic N) is 2. The van der Waals surface area contributed by atoms with Gasteiger partial charge in [0.05, 0.1) is 31.2 Å². The van der Waals surface area contributed by atoms with Gasteiger partial charge in [-0.15, -0.1) is 0 Å². The number of esters is 1. The molecule has 1 aliphatic rings. The van der Waals surface area contributed by atoms with Crippen LogP contribution in [0.1, 0.15) is 32.4 Å². The zero-order valence-electron chi connectivity index (χ0n) is 17.8. The summed E-state index contributed by atoms with van der Waals surface area (Å²) in [7, 11) is 1.31. The molecule has 1 saturated carbocycles. The summed E-state index contributed by atoms with van der Waals surface area (Å²) in [6.07, 6.45) is 2.40. The van der Waals surface area contributed by atoms with Crippen molar-refractivity contribution in [3.05, 3.63) is 66.1 Å². The monoisotopic (exact) mass is 424 g/mol. The Bertz CT molecular complexity index is 1090. The molecule has 0 saturated heterocycles. The van der Waals surface area contributed by atoms with Gasteiger partial charge in [0, 0.05) is 5.56 Å². The molecule has 0 unspecified atom stereocenters. The van der Waals surface area contributed by atoms with Crippen molar-refractivity contribution in [3.8, 4) is 22.7 Å². The molecule has 1 heterocycles. The van der Waals surface area contributed by atoms with E-state index in [-0.39, 0.29) is 18.5 Å². The van der Waals surface area contributed by atoms with E-state index in [4.69, 9.17) is 14.2 Å². The Hall–Kier alpha value is -3.19. The van der Waals surface area contributed by atoms with Gasteiger partial charge in [-0.1, -0.05) is 24.3 Å². The number of rotatable bonds is 8. The number of aromatic nitrogens is 2. The van der Waals surface area contributed by atoms with Gasteiger partial charge in [0.15, 0.2) is 5.60 Å². The summed E-state index contributed by atoms with van der Waals surface area (Å²) in [6, 6.07) is 15.9. The summed E-state index contributed by atoms with van der Waals surface area (Å²) in [5, 5.41) is 4.57. The first-order valence-electron chi connectivity index (χ1n) is 10.2. The zero-order chi connectivity index (χ0) is 22.0. The molecule has 0 spiro atoms. The van der Waals surface area contributed by atoms with Crippen molar-refractivity contribution in [2.45, 2.75) is 45.0 Å². The maximum Gasteiger partial charge on any atom is 0.337 e. The molecule has 162 valence electrons. The minimum Gasteiger partial charge on any atom is -0.490 e. The van der Waals surface area contributed by atoms with Crippen LogP contribution in [-0.2, 0) is 20.9 Å². The molecule has 2 aromatic carbocycles. The van der Waals surface area contributed by atoms with Gasteiger partial charge in [-0.3, -0.25) is 0 Å². The molecule has 6 nitrogen and oxygen atoms in total. The van der Waals surface area contributed by atoms with Crippen LogP contribution in [0.15, 0.2) is 54.6 Å². The highest BCUT2D eigenvalue weighted by Gasteiger charge is 2.30. The van der Waals surface area contributed by atoms with Crippen molar-refractivity contribution in [1.82, 2.24) is 9.78 Å². The summed E-state index contributed by atoms with van der Waals surface area (Å²) >= 11 is 0. The summed E-state index contributed by atoms with van der Waals surface area (Å²) < 4.78 is 32.6. The van der Waals surface area contributed by atoms with Crippen molar-refractivity contribution in [1.29, 1.82) is 0 Å². The molecule has 0 aliphatic heterocycles. The fraction of sp³-hybridized carbons (Fsp3) is 0.333. The van der Waals surface area contributed by atoms with E-state index >= 15 is 0 Å². The lowest BCUT2D eigenvalue weighted by molar-refractivity contribution is -0.166. The van der Waals surface area contributed by atoms with Crippen LogP contribution in [0.4, 0.5) is 4.39 Å². The third-order valence-electron chi connectivity index (χ3n) is 5.06. The molecule has 3 aromatic rings. The Labute approximate surface area is 180 Å². The van der Waals surface area contributed by atoms with Crippen molar-refractivity contribution in [2.24, 2.45) is 0 Å². The molecule has 1 aliphatic carbocycles. The average Bonchev–Trinajstić information content (AvgIpc) is 3.47. The lowest BCUT2D eigenvalue weighted by atomic mass is 10.1. The lowest BCUT2D eigenvalue weighted by Crippen LogP contribution is -2.35. The van der Waals surface area contributed by atoms with Crippen LogP contribution in [0.2, 0.25) is 0 Å². The highest BCUT2D eigenvalue weighted by Crippen LogP contribution is 2.32. The van der Waals surface area contributed by atoms with Gasteiger partial charge < -0.3 is 14.2 Å². The highest BCUT2D eigenvalue weighted by molar-refractivity contribution is 5.78. The van der Waals surface area contributed by atoms with Crippen LogP contribution in [0.3, 0.4) is 0 Å². The van der Waals surface area contributed by atoms with Crippen LogP contribution < -0.4 is 4.74 Å². The number of carbonyl (C=O) groups is 1. The number of hydrogen-bond acceptors (Lipinski definition) is 5. The third kappa shape index (κ3) is 4.77. The van der Waals surface area contributed by atoms with E-state index in [0.717, 1.165) is 24.2 Å². The largest absolute Gasteiger partial charge is 0.490 e. The van der Waals surface area contributed by atoms with E-state index in [1.54, 1.807) is 36.7 Å². The molecule has 7 heteroatoms. The van der Waals surface area contributed by atoms with E-state index in [2.05, 4.69) is 5.10 Å². The molecule has 0 atom stereocenters. The van der Waals surface area contributed by atoms with Crippen molar-refractivity contribution in [3.63, 3.8) is 0 Å². The van der Waals surface area contributed by atoms with Crippen LogP contribution >= 0.6 is 0 Å². The Kier molecular flexibility index (Phi) is 5.78. The van der Waals surface area contributed by atoms with Gasteiger partial charge in [0.2, 0.25) is 0 Å². The second-order valence-electron chi connectivity index (χ2n) is 8.02. The van der Waals surface area contributed by atoms with Crippen molar-refractivity contribution >= 4 is 5.97 Å². The highest BCUT2D eigenvalue weighted by atomic mass is 19.1. The first kappa shape index (κ1) is 21.1. The van der Waals surface area contributed by atoms with Crippen LogP contribution in [-0.4, -0.2) is 34.6 Å². The van der Waals surface area contributed by atoms with Crippen LogP contribution in [0, 0.1) is 5.82 Å². The Morgan fingerprint density at radius 3 is 2.65 bits per heavy atom. The van der Waals surface area contributed by atoms with Gasteiger partial charge in [0.1, 0.15) is 17.3 Å². The summed E-state index contributed by atoms with van der Waals surface area (Å²) in [4.78, 5) is 11.9. The summed E-state index contributed by atoms with van der Waals surface area (Å²) in [5.41, 5.74) is 1.29. The normalized spacial score (nSPS) is 13.8. The number of methoxy groups -OCH3 is 1. The van der Waals surface area contributed by atoms with E-state index < -0.39 is 11.6 Å². The standard InChI is InChI=1S/C24H25FN2O4/c1-24(2,23(28)29-3)30-15-17-14-22(27(26-17)21-10-5-4-9-20(21)25)16-7-6-8-19(13-16)31-18-11-12-18/h4-10,13-14,18H,11-12,15H2,1-3H3. The quantitative estimate of drug-likeness (QED) is 0.491. The lowest BCUT2D eigenvalue weighted by Gasteiger charge is -2.21. The van der Waals surface area contributed by atoms with Gasteiger partial charge in [-0.05, 0) is 57.0 Å². The molecule has 31 heavy (non-hydrogen) atoms. The third-order valence-corrected chi connectivity index (χ3v) is 5.06. The van der Waals surface area contributed by atoms with E-state index in [1.807, 2.05) is 30.3 Å². The molecule has 4 rings (SSSR count). The van der Waals surface area contributed by atoms with Crippen molar-refractivity contribution in [2.75, 3.05) is 7.11 Å². The summed E-state index contributed by atoms with van der Waals surface area (Å²) in [5.74, 6) is -0.100. The number of ether oxygens (including phenoxy) is 3. The maximum atomic E-state index is 14.6. The predicted octanol–water partition coefficient (Wildman–Crippen LogP) is 4.69.